The summed E-state index contributed by atoms with van der Waals surface area (Å²) in [7, 11) is 3.97. The van der Waals surface area contributed by atoms with Gasteiger partial charge in [-0.2, -0.15) is 5.10 Å². The maximum absolute atomic E-state index is 5.13. The third kappa shape index (κ3) is 6.07. The minimum absolute atomic E-state index is 0.667. The predicted molar refractivity (Wildman–Crippen MR) is 183 cm³/mol. The first-order valence-electron chi connectivity index (χ1n) is 15.7. The number of fused-ring (bicyclic) bond motifs is 2. The lowest BCUT2D eigenvalue weighted by Gasteiger charge is -1.99. The average molecular weight is 641 g/mol. The maximum atomic E-state index is 5.13. The second-order valence-electron chi connectivity index (χ2n) is 11.9. The fourth-order valence-electron chi connectivity index (χ4n) is 5.49. The van der Waals surface area contributed by atoms with Crippen LogP contribution in [0.1, 0.15) is 45.8 Å². The van der Waals surface area contributed by atoms with Gasteiger partial charge in [0.25, 0.3) is 0 Å². The normalized spacial score (nSPS) is 11.6. The Hall–Kier alpha value is -6.04. The molecule has 0 aliphatic carbocycles. The molecule has 48 heavy (non-hydrogen) atoms. The van der Waals surface area contributed by atoms with Crippen LogP contribution in [0.5, 0.6) is 0 Å². The zero-order valence-electron chi connectivity index (χ0n) is 27.8. The first-order valence-corrected chi connectivity index (χ1v) is 15.7. The average Bonchev–Trinajstić information content (AvgIpc) is 3.91. The molecule has 0 saturated carbocycles. The van der Waals surface area contributed by atoms with Crippen LogP contribution in [0.2, 0.25) is 0 Å². The first-order chi connectivity index (χ1) is 23.2. The van der Waals surface area contributed by atoms with Gasteiger partial charge >= 0.3 is 0 Å². The second kappa shape index (κ2) is 12.6. The van der Waals surface area contributed by atoms with Crippen LogP contribution in [-0.2, 0) is 26.9 Å². The van der Waals surface area contributed by atoms with Crippen molar-refractivity contribution >= 4 is 23.4 Å². The second-order valence-corrected chi connectivity index (χ2v) is 11.9. The van der Waals surface area contributed by atoms with Crippen molar-refractivity contribution < 1.29 is 8.83 Å². The van der Waals surface area contributed by atoms with Gasteiger partial charge in [-0.3, -0.25) is 0 Å². The Morgan fingerprint density at radius 2 is 1.23 bits per heavy atom. The van der Waals surface area contributed by atoms with Gasteiger partial charge in [0.15, 0.2) is 22.9 Å². The maximum Gasteiger partial charge on any atom is 0.175 e. The van der Waals surface area contributed by atoms with Crippen molar-refractivity contribution in [3.8, 4) is 22.5 Å². The van der Waals surface area contributed by atoms with Crippen LogP contribution in [0.15, 0.2) is 82.7 Å². The molecule has 0 unspecified atom stereocenters. The largest absolute Gasteiger partial charge is 0.472 e. The van der Waals surface area contributed by atoms with E-state index in [1.807, 2.05) is 91.2 Å². The SMILES string of the molecule is Cc1ccc(C)n2nc(/C=C/c3nc(-c4ccoc4)cn3C)nc12.Cc1ccc(C)n2nc(CCc3nc(-c4ccoc4)cn3C)nc12. The standard InChI is InChI=1S/C18H19N5O.C18H17N5O/c2*1-12-4-5-13(2)23-18(12)20-16(21-23)6-7-17-19-15(10-22(17)3)14-8-9-24-11-14/h4-5,8-11H,6-7H2,1-3H3;4-11H,1-3H3/b;7-6+. The molecule has 0 amide bonds. The van der Waals surface area contributed by atoms with Gasteiger partial charge in [0.2, 0.25) is 0 Å². The molecule has 8 aromatic heterocycles. The van der Waals surface area contributed by atoms with Gasteiger partial charge < -0.3 is 18.0 Å². The van der Waals surface area contributed by atoms with Gasteiger partial charge in [-0.1, -0.05) is 12.1 Å². The van der Waals surface area contributed by atoms with E-state index < -0.39 is 0 Å². The molecule has 12 heteroatoms. The fourth-order valence-corrected chi connectivity index (χ4v) is 5.49. The van der Waals surface area contributed by atoms with Crippen molar-refractivity contribution in [1.29, 1.82) is 0 Å². The van der Waals surface area contributed by atoms with E-state index in [0.29, 0.717) is 5.82 Å². The quantitative estimate of drug-likeness (QED) is 0.190. The number of hydrogen-bond donors (Lipinski definition) is 0. The summed E-state index contributed by atoms with van der Waals surface area (Å²) in [6.07, 6.45) is 16.0. The molecule has 0 bridgehead atoms. The minimum atomic E-state index is 0.667. The lowest BCUT2D eigenvalue weighted by Crippen LogP contribution is -2.01. The zero-order chi connectivity index (χ0) is 33.4. The van der Waals surface area contributed by atoms with Crippen molar-refractivity contribution in [2.45, 2.75) is 40.5 Å². The zero-order valence-corrected chi connectivity index (χ0v) is 27.8. The van der Waals surface area contributed by atoms with E-state index in [4.69, 9.17) is 13.8 Å². The smallest absolute Gasteiger partial charge is 0.175 e. The summed E-state index contributed by atoms with van der Waals surface area (Å²) in [6, 6.07) is 12.1. The third-order valence-corrected chi connectivity index (χ3v) is 8.27. The molecule has 0 fully saturated rings. The number of nitrogens with zero attached hydrogens (tertiary/aromatic N) is 10. The summed E-state index contributed by atoms with van der Waals surface area (Å²) in [4.78, 5) is 18.6. The molecule has 12 nitrogen and oxygen atoms in total. The van der Waals surface area contributed by atoms with Crippen LogP contribution in [0.25, 0.3) is 46.0 Å². The Morgan fingerprint density at radius 3 is 1.83 bits per heavy atom. The molecule has 0 aromatic carbocycles. The van der Waals surface area contributed by atoms with Crippen molar-refractivity contribution in [3.63, 3.8) is 0 Å². The highest BCUT2D eigenvalue weighted by Crippen LogP contribution is 2.21. The van der Waals surface area contributed by atoms with Crippen LogP contribution in [-0.4, -0.2) is 48.3 Å². The van der Waals surface area contributed by atoms with Crippen LogP contribution in [0.4, 0.5) is 0 Å². The Balaban J connectivity index is 0.000000152. The van der Waals surface area contributed by atoms with E-state index >= 15 is 0 Å². The molecule has 8 rings (SSSR count). The molecular formula is C36H36N10O2. The molecule has 8 aromatic rings. The summed E-state index contributed by atoms with van der Waals surface area (Å²) in [5.41, 5.74) is 9.96. The Kier molecular flexibility index (Phi) is 8.05. The van der Waals surface area contributed by atoms with E-state index in [1.54, 1.807) is 25.1 Å². The Labute approximate surface area is 277 Å². The monoisotopic (exact) mass is 640 g/mol. The number of hydrogen-bond acceptors (Lipinski definition) is 8. The number of furan rings is 2. The molecule has 0 aliphatic heterocycles. The topological polar surface area (TPSA) is 122 Å². The molecule has 0 radical (unpaired) electrons. The molecule has 0 N–H and O–H groups in total. The summed E-state index contributed by atoms with van der Waals surface area (Å²) in [5, 5.41) is 9.17. The van der Waals surface area contributed by atoms with Crippen molar-refractivity contribution in [3.05, 3.63) is 120 Å². The molecule has 242 valence electrons. The van der Waals surface area contributed by atoms with Crippen molar-refractivity contribution in [2.75, 3.05) is 0 Å². The van der Waals surface area contributed by atoms with Gasteiger partial charge in [-0.25, -0.2) is 29.0 Å². The number of imidazole rings is 2. The Bertz CT molecular complexity index is 2290. The number of rotatable bonds is 7. The minimum Gasteiger partial charge on any atom is -0.472 e. The predicted octanol–water partition coefficient (Wildman–Crippen LogP) is 6.63. The molecule has 0 spiro atoms. The van der Waals surface area contributed by atoms with Gasteiger partial charge in [0.1, 0.15) is 11.6 Å². The molecule has 0 atom stereocenters. The van der Waals surface area contributed by atoms with E-state index in [1.165, 1.54) is 0 Å². The summed E-state index contributed by atoms with van der Waals surface area (Å²) in [5.74, 6) is 3.36. The highest BCUT2D eigenvalue weighted by Gasteiger charge is 2.12. The number of pyridine rings is 2. The summed E-state index contributed by atoms with van der Waals surface area (Å²) < 4.78 is 18.0. The van der Waals surface area contributed by atoms with Gasteiger partial charge in [-0.05, 0) is 75.2 Å². The van der Waals surface area contributed by atoms with Crippen molar-refractivity contribution in [2.24, 2.45) is 14.1 Å². The number of aryl methyl sites for hydroxylation is 8. The lowest BCUT2D eigenvalue weighted by atomic mass is 10.2. The first kappa shape index (κ1) is 30.6. The molecular weight excluding hydrogens is 604 g/mol. The van der Waals surface area contributed by atoms with Crippen molar-refractivity contribution in [1.82, 2.24) is 48.3 Å². The molecule has 8 heterocycles. The molecule has 0 saturated heterocycles. The highest BCUT2D eigenvalue weighted by atomic mass is 16.3. The lowest BCUT2D eigenvalue weighted by molar-refractivity contribution is 0.568. The Morgan fingerprint density at radius 1 is 0.625 bits per heavy atom. The van der Waals surface area contributed by atoms with Crippen LogP contribution < -0.4 is 0 Å². The number of aromatic nitrogens is 10. The van der Waals surface area contributed by atoms with E-state index in [9.17, 15) is 0 Å². The van der Waals surface area contributed by atoms with Crippen LogP contribution in [0.3, 0.4) is 0 Å². The third-order valence-electron chi connectivity index (χ3n) is 8.27. The highest BCUT2D eigenvalue weighted by molar-refractivity contribution is 5.67. The fraction of sp³-hybridized carbons (Fsp3) is 0.222. The summed E-state index contributed by atoms with van der Waals surface area (Å²) >= 11 is 0. The van der Waals surface area contributed by atoms with Gasteiger partial charge in [0, 0.05) is 61.8 Å². The summed E-state index contributed by atoms with van der Waals surface area (Å²) in [6.45, 7) is 8.15. The van der Waals surface area contributed by atoms with E-state index in [2.05, 4.69) is 54.8 Å². The van der Waals surface area contributed by atoms with Gasteiger partial charge in [-0.15, -0.1) is 5.10 Å². The van der Waals surface area contributed by atoms with Crippen LogP contribution >= 0.6 is 0 Å². The van der Waals surface area contributed by atoms with E-state index in [-0.39, 0.29) is 0 Å². The van der Waals surface area contributed by atoms with E-state index in [0.717, 1.165) is 86.6 Å². The van der Waals surface area contributed by atoms with Crippen LogP contribution in [0, 0.1) is 27.7 Å². The van der Waals surface area contributed by atoms with Gasteiger partial charge in [0.05, 0.1) is 36.4 Å². The molecule has 0 aliphatic rings.